The minimum absolute atomic E-state index is 0.417. The van der Waals surface area contributed by atoms with Crippen molar-refractivity contribution in [3.8, 4) is 22.9 Å². The molecular formula is C17H15F6NO4S. The van der Waals surface area contributed by atoms with Gasteiger partial charge in [0.25, 0.3) is 0 Å². The van der Waals surface area contributed by atoms with Crippen molar-refractivity contribution in [3.63, 3.8) is 0 Å². The third-order valence-corrected chi connectivity index (χ3v) is 4.16. The van der Waals surface area contributed by atoms with Gasteiger partial charge in [0.15, 0.2) is 5.75 Å². The first kappa shape index (κ1) is 22.8. The Hall–Kier alpha value is -2.50. The van der Waals surface area contributed by atoms with Crippen LogP contribution in [0.4, 0.5) is 26.3 Å². The number of hydrogen-bond acceptors (Lipinski definition) is 5. The average molecular weight is 443 g/mol. The summed E-state index contributed by atoms with van der Waals surface area (Å²) in [6, 6.07) is 5.57. The van der Waals surface area contributed by atoms with Gasteiger partial charge >= 0.3 is 21.8 Å². The van der Waals surface area contributed by atoms with Gasteiger partial charge in [0.1, 0.15) is 5.60 Å². The summed E-state index contributed by atoms with van der Waals surface area (Å²) in [6.07, 6.45) is -4.79. The highest BCUT2D eigenvalue weighted by molar-refractivity contribution is 7.88. The Morgan fingerprint density at radius 1 is 0.931 bits per heavy atom. The topological polar surface area (TPSA) is 65.5 Å². The highest BCUT2D eigenvalue weighted by atomic mass is 32.2. The zero-order valence-electron chi connectivity index (χ0n) is 15.2. The van der Waals surface area contributed by atoms with Crippen LogP contribution in [0.15, 0.2) is 36.4 Å². The van der Waals surface area contributed by atoms with E-state index < -0.39 is 55.9 Å². The Morgan fingerprint density at radius 3 is 2.03 bits per heavy atom. The molecule has 0 atom stereocenters. The Morgan fingerprint density at radius 2 is 1.52 bits per heavy atom. The molecule has 12 heteroatoms. The maximum absolute atomic E-state index is 13.3. The van der Waals surface area contributed by atoms with Crippen LogP contribution < -0.4 is 8.92 Å². The highest BCUT2D eigenvalue weighted by Gasteiger charge is 2.48. The average Bonchev–Trinajstić information content (AvgIpc) is 2.50. The molecule has 1 heterocycles. The molecule has 0 unspecified atom stereocenters. The van der Waals surface area contributed by atoms with Crippen molar-refractivity contribution in [1.82, 2.24) is 4.98 Å². The van der Waals surface area contributed by atoms with Crippen LogP contribution in [0.1, 0.15) is 26.3 Å². The highest BCUT2D eigenvalue weighted by Crippen LogP contribution is 2.39. The monoisotopic (exact) mass is 443 g/mol. The van der Waals surface area contributed by atoms with Crippen LogP contribution in [-0.2, 0) is 16.3 Å². The first-order chi connectivity index (χ1) is 13.0. The predicted molar refractivity (Wildman–Crippen MR) is 90.7 cm³/mol. The molecule has 5 nitrogen and oxygen atoms in total. The molecule has 29 heavy (non-hydrogen) atoms. The fraction of sp³-hybridized carbons (Fsp3) is 0.353. The summed E-state index contributed by atoms with van der Waals surface area (Å²) < 4.78 is 110. The molecule has 1 aromatic carbocycles. The standard InChI is InChI=1S/C17H15F6NO4S/c1-15(2,3)27-14-9-10(28-29(25,26)17(21,22)23)8-13(24-14)11-6-4-5-7-12(11)16(18,19)20/h4-9H,1-3H3. The normalized spacial score (nSPS) is 13.3. The van der Waals surface area contributed by atoms with Gasteiger partial charge in [-0.1, -0.05) is 18.2 Å². The SMILES string of the molecule is CC(C)(C)Oc1cc(OS(=O)(=O)C(F)(F)F)cc(-c2ccccc2C(F)(F)F)n1. The Bertz CT molecular complexity index is 994. The fourth-order valence-corrected chi connectivity index (χ4v) is 2.61. The van der Waals surface area contributed by atoms with Gasteiger partial charge in [0.2, 0.25) is 5.88 Å². The van der Waals surface area contributed by atoms with E-state index in [-0.39, 0.29) is 0 Å². The van der Waals surface area contributed by atoms with Gasteiger partial charge < -0.3 is 8.92 Å². The van der Waals surface area contributed by atoms with E-state index in [4.69, 9.17) is 4.74 Å². The molecule has 0 amide bonds. The Labute approximate surface area is 162 Å². The number of ether oxygens (including phenoxy) is 1. The maximum atomic E-state index is 13.3. The van der Waals surface area contributed by atoms with E-state index in [2.05, 4.69) is 9.17 Å². The lowest BCUT2D eigenvalue weighted by atomic mass is 10.0. The number of nitrogens with zero attached hydrogens (tertiary/aromatic N) is 1. The number of aromatic nitrogens is 1. The number of hydrogen-bond donors (Lipinski definition) is 0. The fourth-order valence-electron chi connectivity index (χ4n) is 2.16. The van der Waals surface area contributed by atoms with Crippen molar-refractivity contribution < 1.29 is 43.7 Å². The smallest absolute Gasteiger partial charge is 0.472 e. The van der Waals surface area contributed by atoms with Crippen LogP contribution in [0.5, 0.6) is 11.6 Å². The van der Waals surface area contributed by atoms with E-state index in [1.165, 1.54) is 6.07 Å². The van der Waals surface area contributed by atoms with Crippen molar-refractivity contribution in [3.05, 3.63) is 42.0 Å². The number of pyridine rings is 1. The molecule has 0 fully saturated rings. The molecule has 0 aliphatic rings. The van der Waals surface area contributed by atoms with Crippen LogP contribution in [0.25, 0.3) is 11.3 Å². The summed E-state index contributed by atoms with van der Waals surface area (Å²) in [5.74, 6) is -1.32. The molecule has 0 spiro atoms. The third kappa shape index (κ3) is 5.75. The summed E-state index contributed by atoms with van der Waals surface area (Å²) in [7, 11) is -6.05. The minimum atomic E-state index is -6.05. The summed E-state index contributed by atoms with van der Waals surface area (Å²) in [6.45, 7) is 4.66. The summed E-state index contributed by atoms with van der Waals surface area (Å²) in [5.41, 5.74) is -8.76. The van der Waals surface area contributed by atoms with Crippen molar-refractivity contribution in [2.75, 3.05) is 0 Å². The van der Waals surface area contributed by atoms with Gasteiger partial charge in [-0.05, 0) is 26.8 Å². The Balaban J connectivity index is 2.67. The van der Waals surface area contributed by atoms with E-state index in [1.807, 2.05) is 0 Å². The molecule has 0 radical (unpaired) electrons. The van der Waals surface area contributed by atoms with E-state index in [9.17, 15) is 34.8 Å². The quantitative estimate of drug-likeness (QED) is 0.371. The predicted octanol–water partition coefficient (Wildman–Crippen LogP) is 5.17. The van der Waals surface area contributed by atoms with Crippen LogP contribution in [0.3, 0.4) is 0 Å². The third-order valence-electron chi connectivity index (χ3n) is 3.18. The van der Waals surface area contributed by atoms with Crippen LogP contribution in [-0.4, -0.2) is 24.5 Å². The lowest BCUT2D eigenvalue weighted by Gasteiger charge is -2.22. The molecule has 0 bridgehead atoms. The number of rotatable bonds is 4. The summed E-state index contributed by atoms with van der Waals surface area (Å²) in [5, 5.41) is 0. The molecule has 2 rings (SSSR count). The molecule has 0 saturated heterocycles. The van der Waals surface area contributed by atoms with Crippen LogP contribution in [0, 0.1) is 0 Å². The Kier molecular flexibility index (Phi) is 5.81. The van der Waals surface area contributed by atoms with Crippen molar-refractivity contribution >= 4 is 10.1 Å². The molecule has 160 valence electrons. The lowest BCUT2D eigenvalue weighted by Crippen LogP contribution is -2.28. The van der Waals surface area contributed by atoms with E-state index in [0.29, 0.717) is 6.07 Å². The number of benzene rings is 1. The molecule has 0 saturated carbocycles. The molecule has 0 N–H and O–H groups in total. The molecule has 0 aliphatic heterocycles. The molecule has 0 aliphatic carbocycles. The zero-order chi connectivity index (χ0) is 22.3. The van der Waals surface area contributed by atoms with Gasteiger partial charge in [-0.15, -0.1) is 0 Å². The molecule has 1 aromatic heterocycles. The second-order valence-corrected chi connectivity index (χ2v) is 8.31. The van der Waals surface area contributed by atoms with Gasteiger partial charge in [0, 0.05) is 17.7 Å². The molecular weight excluding hydrogens is 428 g/mol. The summed E-state index contributed by atoms with van der Waals surface area (Å²) >= 11 is 0. The zero-order valence-corrected chi connectivity index (χ0v) is 16.0. The lowest BCUT2D eigenvalue weighted by molar-refractivity contribution is -0.137. The second kappa shape index (κ2) is 7.39. The van der Waals surface area contributed by atoms with Gasteiger partial charge in [-0.2, -0.15) is 34.8 Å². The second-order valence-electron chi connectivity index (χ2n) is 6.77. The van der Waals surface area contributed by atoms with E-state index in [1.54, 1.807) is 20.8 Å². The number of halogens is 6. The van der Waals surface area contributed by atoms with Gasteiger partial charge in [-0.3, -0.25) is 0 Å². The first-order valence-corrected chi connectivity index (χ1v) is 9.29. The maximum Gasteiger partial charge on any atom is 0.534 e. The number of alkyl halides is 6. The minimum Gasteiger partial charge on any atom is -0.472 e. The van der Waals surface area contributed by atoms with E-state index >= 15 is 0 Å². The summed E-state index contributed by atoms with van der Waals surface area (Å²) in [4.78, 5) is 3.88. The van der Waals surface area contributed by atoms with Crippen LogP contribution in [0.2, 0.25) is 0 Å². The molecule has 2 aromatic rings. The van der Waals surface area contributed by atoms with Crippen LogP contribution >= 0.6 is 0 Å². The first-order valence-electron chi connectivity index (χ1n) is 7.88. The van der Waals surface area contributed by atoms with Crippen molar-refractivity contribution in [1.29, 1.82) is 0 Å². The van der Waals surface area contributed by atoms with Gasteiger partial charge in [0.05, 0.1) is 11.3 Å². The largest absolute Gasteiger partial charge is 0.534 e. The van der Waals surface area contributed by atoms with Gasteiger partial charge in [-0.25, -0.2) is 4.98 Å². The van der Waals surface area contributed by atoms with Crippen molar-refractivity contribution in [2.45, 2.75) is 38.1 Å². The van der Waals surface area contributed by atoms with E-state index in [0.717, 1.165) is 24.3 Å². The van der Waals surface area contributed by atoms with Crippen molar-refractivity contribution in [2.24, 2.45) is 0 Å².